The molecule has 234 valence electrons. The lowest BCUT2D eigenvalue weighted by Gasteiger charge is -2.14. The first-order valence-corrected chi connectivity index (χ1v) is 16.6. The lowest BCUT2D eigenvalue weighted by atomic mass is 9.94. The van der Waals surface area contributed by atoms with Gasteiger partial charge in [0, 0.05) is 52.4 Å². The lowest BCUT2D eigenvalue weighted by Crippen LogP contribution is -1.96. The van der Waals surface area contributed by atoms with E-state index in [1.165, 1.54) is 27.3 Å². The second-order valence-electron chi connectivity index (χ2n) is 12.2. The largest absolute Gasteiger partial charge is 0.265 e. The predicted octanol–water partition coefficient (Wildman–Crippen LogP) is 11.0. The van der Waals surface area contributed by atoms with E-state index in [2.05, 4.69) is 131 Å². The van der Waals surface area contributed by atoms with E-state index in [-0.39, 0.29) is 0 Å². The number of fused-ring (bicyclic) bond motifs is 3. The fraction of sp³-hybridized carbons (Fsp3) is 0. The van der Waals surface area contributed by atoms with E-state index in [4.69, 9.17) is 15.0 Å². The smallest absolute Gasteiger partial charge is 0.160 e. The van der Waals surface area contributed by atoms with Crippen molar-refractivity contribution in [1.82, 2.24) is 24.9 Å². The summed E-state index contributed by atoms with van der Waals surface area (Å²) in [5, 5.41) is 3.59. The van der Waals surface area contributed by atoms with Crippen molar-refractivity contribution in [2.24, 2.45) is 0 Å². The van der Waals surface area contributed by atoms with Gasteiger partial charge in [0.1, 0.15) is 0 Å². The predicted molar refractivity (Wildman–Crippen MR) is 203 cm³/mol. The number of rotatable bonds is 6. The van der Waals surface area contributed by atoms with Crippen LogP contribution in [-0.4, -0.2) is 24.9 Å². The molecule has 4 aromatic heterocycles. The maximum absolute atomic E-state index is 5.21. The van der Waals surface area contributed by atoms with Gasteiger partial charge >= 0.3 is 0 Å². The van der Waals surface area contributed by atoms with Gasteiger partial charge in [-0.15, -0.1) is 0 Å². The number of hydrogen-bond donors (Lipinski definition) is 0. The number of pyridine rings is 3. The van der Waals surface area contributed by atoms with Crippen molar-refractivity contribution >= 4 is 21.7 Å². The molecule has 5 aromatic carbocycles. The van der Waals surface area contributed by atoms with Gasteiger partial charge in [-0.2, -0.15) is 0 Å². The molecule has 0 aliphatic rings. The Hall–Kier alpha value is -6.85. The minimum absolute atomic E-state index is 0.652. The lowest BCUT2D eigenvalue weighted by molar-refractivity contribution is 1.17. The Balaban J connectivity index is 1.10. The van der Waals surface area contributed by atoms with Crippen molar-refractivity contribution in [1.29, 1.82) is 0 Å². The number of aromatic nitrogens is 5. The van der Waals surface area contributed by atoms with Gasteiger partial charge in [-0.1, -0.05) is 103 Å². The van der Waals surface area contributed by atoms with Crippen molar-refractivity contribution in [2.45, 2.75) is 0 Å². The van der Waals surface area contributed by atoms with Crippen molar-refractivity contribution in [2.75, 3.05) is 0 Å². The Kier molecular flexibility index (Phi) is 7.41. The van der Waals surface area contributed by atoms with Gasteiger partial charge < -0.3 is 0 Å². The fourth-order valence-corrected chi connectivity index (χ4v) is 6.59. The van der Waals surface area contributed by atoms with E-state index in [1.54, 1.807) is 24.8 Å². The molecule has 0 unspecified atom stereocenters. The average molecular weight is 640 g/mol. The summed E-state index contributed by atoms with van der Waals surface area (Å²) in [7, 11) is 0. The van der Waals surface area contributed by atoms with Crippen LogP contribution in [0.5, 0.6) is 0 Å². The van der Waals surface area contributed by atoms with Gasteiger partial charge in [0.05, 0.1) is 22.6 Å². The molecular formula is C45H29N5. The highest BCUT2D eigenvalue weighted by Crippen LogP contribution is 2.37. The zero-order chi connectivity index (χ0) is 33.3. The Morgan fingerprint density at radius 3 is 1.70 bits per heavy atom. The summed E-state index contributed by atoms with van der Waals surface area (Å²) in [5.74, 6) is 0.652. The minimum atomic E-state index is 0.652. The highest BCUT2D eigenvalue weighted by molar-refractivity contribution is 6.13. The van der Waals surface area contributed by atoms with Crippen LogP contribution >= 0.6 is 0 Å². The third kappa shape index (κ3) is 5.57. The van der Waals surface area contributed by atoms with Gasteiger partial charge in [0.2, 0.25) is 0 Å². The third-order valence-corrected chi connectivity index (χ3v) is 9.10. The van der Waals surface area contributed by atoms with Crippen LogP contribution in [0.1, 0.15) is 0 Å². The van der Waals surface area contributed by atoms with Crippen molar-refractivity contribution in [3.8, 4) is 67.4 Å². The molecule has 5 heteroatoms. The van der Waals surface area contributed by atoms with Crippen molar-refractivity contribution < 1.29 is 0 Å². The summed E-state index contributed by atoms with van der Waals surface area (Å²) in [4.78, 5) is 23.4. The van der Waals surface area contributed by atoms with Crippen LogP contribution in [0.15, 0.2) is 176 Å². The summed E-state index contributed by atoms with van der Waals surface area (Å²) < 4.78 is 0. The normalized spacial score (nSPS) is 11.2. The first kappa shape index (κ1) is 29.3. The molecule has 0 aliphatic heterocycles. The standard InChI is InChI=1S/C45H29N5/c1-2-7-31(8-3-1)39-28-41(48-40-18-17-32-9-4-5-12-38(32)44(39)40)37-11-6-10-36(27-37)30-13-15-33(16-14-30)42-29-43(34-19-23-46-24-20-34)50-45(49-42)35-21-25-47-26-22-35/h1-29H. The molecule has 0 bridgehead atoms. The van der Waals surface area contributed by atoms with E-state index < -0.39 is 0 Å². The minimum Gasteiger partial charge on any atom is -0.265 e. The Morgan fingerprint density at radius 1 is 0.340 bits per heavy atom. The number of benzene rings is 5. The summed E-state index contributed by atoms with van der Waals surface area (Å²) in [6, 6.07) is 52.7. The molecule has 9 aromatic rings. The molecule has 0 saturated carbocycles. The Bertz CT molecular complexity index is 2560. The van der Waals surface area contributed by atoms with E-state index >= 15 is 0 Å². The van der Waals surface area contributed by atoms with Gasteiger partial charge in [-0.3, -0.25) is 9.97 Å². The average Bonchev–Trinajstić information content (AvgIpc) is 3.21. The highest BCUT2D eigenvalue weighted by Gasteiger charge is 2.14. The van der Waals surface area contributed by atoms with E-state index in [1.807, 2.05) is 30.3 Å². The van der Waals surface area contributed by atoms with Crippen molar-refractivity contribution in [3.05, 3.63) is 176 Å². The van der Waals surface area contributed by atoms with E-state index in [0.29, 0.717) is 5.82 Å². The number of nitrogens with zero attached hydrogens (tertiary/aromatic N) is 5. The SMILES string of the molecule is c1ccc(-c2cc(-c3cccc(-c4ccc(-c5cc(-c6ccncc6)nc(-c6ccncc6)n5)cc4)c3)nc3ccc4ccccc4c23)cc1. The summed E-state index contributed by atoms with van der Waals surface area (Å²) in [5.41, 5.74) is 12.2. The highest BCUT2D eigenvalue weighted by atomic mass is 14.9. The molecule has 0 fully saturated rings. The molecular weight excluding hydrogens is 611 g/mol. The Labute approximate surface area is 289 Å². The fourth-order valence-electron chi connectivity index (χ4n) is 6.59. The van der Waals surface area contributed by atoms with E-state index in [0.717, 1.165) is 56.0 Å². The molecule has 4 heterocycles. The molecule has 0 radical (unpaired) electrons. The van der Waals surface area contributed by atoms with Gasteiger partial charge in [0.15, 0.2) is 5.82 Å². The van der Waals surface area contributed by atoms with Crippen LogP contribution in [-0.2, 0) is 0 Å². The van der Waals surface area contributed by atoms with Crippen LogP contribution in [0, 0.1) is 0 Å². The molecule has 5 nitrogen and oxygen atoms in total. The molecule has 0 amide bonds. The zero-order valence-electron chi connectivity index (χ0n) is 27.0. The topological polar surface area (TPSA) is 64.5 Å². The van der Waals surface area contributed by atoms with Crippen LogP contribution < -0.4 is 0 Å². The number of hydrogen-bond acceptors (Lipinski definition) is 5. The maximum atomic E-state index is 5.21. The van der Waals surface area contributed by atoms with Gasteiger partial charge in [-0.25, -0.2) is 15.0 Å². The summed E-state index contributed by atoms with van der Waals surface area (Å²) in [6.45, 7) is 0. The van der Waals surface area contributed by atoms with Gasteiger partial charge in [-0.05, 0) is 81.6 Å². The first-order chi connectivity index (χ1) is 24.8. The third-order valence-electron chi connectivity index (χ3n) is 9.10. The molecule has 9 rings (SSSR count). The van der Waals surface area contributed by atoms with Crippen molar-refractivity contribution in [3.63, 3.8) is 0 Å². The second-order valence-corrected chi connectivity index (χ2v) is 12.2. The molecule has 0 spiro atoms. The first-order valence-electron chi connectivity index (χ1n) is 16.6. The molecule has 0 atom stereocenters. The van der Waals surface area contributed by atoms with Crippen LogP contribution in [0.25, 0.3) is 89.1 Å². The van der Waals surface area contributed by atoms with E-state index in [9.17, 15) is 0 Å². The molecule has 0 saturated heterocycles. The van der Waals surface area contributed by atoms with Crippen LogP contribution in [0.2, 0.25) is 0 Å². The maximum Gasteiger partial charge on any atom is 0.160 e. The quantitative estimate of drug-likeness (QED) is 0.169. The zero-order valence-corrected chi connectivity index (χ0v) is 27.0. The molecule has 0 aliphatic carbocycles. The monoisotopic (exact) mass is 639 g/mol. The van der Waals surface area contributed by atoms with Gasteiger partial charge in [0.25, 0.3) is 0 Å². The summed E-state index contributed by atoms with van der Waals surface area (Å²) >= 11 is 0. The summed E-state index contributed by atoms with van der Waals surface area (Å²) in [6.07, 6.45) is 7.09. The Morgan fingerprint density at radius 2 is 0.940 bits per heavy atom. The second kappa shape index (κ2) is 12.6. The molecule has 0 N–H and O–H groups in total. The molecule has 50 heavy (non-hydrogen) atoms. The van der Waals surface area contributed by atoms with Crippen LogP contribution in [0.4, 0.5) is 0 Å². The van der Waals surface area contributed by atoms with Crippen LogP contribution in [0.3, 0.4) is 0 Å².